The molecule has 1 nitrogen and oxygen atoms in total. The van der Waals surface area contributed by atoms with Crippen molar-refractivity contribution in [3.8, 4) is 11.8 Å². The second-order valence-electron chi connectivity index (χ2n) is 2.41. The van der Waals surface area contributed by atoms with E-state index in [2.05, 4.69) is 17.2 Å². The molecule has 1 N–H and O–H groups in total. The minimum atomic E-state index is -0.409. The Labute approximate surface area is 81.9 Å². The second-order valence-corrected chi connectivity index (χ2v) is 2.82. The van der Waals surface area contributed by atoms with Gasteiger partial charge in [0.15, 0.2) is 0 Å². The summed E-state index contributed by atoms with van der Waals surface area (Å²) in [6.45, 7) is 2.30. The van der Waals surface area contributed by atoms with E-state index in [0.29, 0.717) is 6.54 Å². The van der Waals surface area contributed by atoms with Crippen molar-refractivity contribution in [3.63, 3.8) is 0 Å². The highest BCUT2D eigenvalue weighted by molar-refractivity contribution is 6.31. The van der Waals surface area contributed by atoms with Gasteiger partial charge in [-0.05, 0) is 25.1 Å². The van der Waals surface area contributed by atoms with Crippen LogP contribution >= 0.6 is 11.6 Å². The molecule has 0 saturated carbocycles. The van der Waals surface area contributed by atoms with Crippen LogP contribution in [0.4, 0.5) is 10.1 Å². The molecule has 1 aromatic carbocycles. The van der Waals surface area contributed by atoms with Gasteiger partial charge in [0.1, 0.15) is 5.82 Å². The van der Waals surface area contributed by atoms with Crippen LogP contribution < -0.4 is 5.32 Å². The van der Waals surface area contributed by atoms with Crippen LogP contribution in [0, 0.1) is 17.7 Å². The number of hydrogen-bond donors (Lipinski definition) is 1. The van der Waals surface area contributed by atoms with E-state index in [9.17, 15) is 4.39 Å². The van der Waals surface area contributed by atoms with Crippen LogP contribution in [0.15, 0.2) is 18.2 Å². The van der Waals surface area contributed by atoms with Gasteiger partial charge in [0.2, 0.25) is 0 Å². The molecule has 3 heteroatoms. The van der Waals surface area contributed by atoms with Gasteiger partial charge in [-0.15, -0.1) is 5.92 Å². The van der Waals surface area contributed by atoms with Crippen LogP contribution in [0.1, 0.15) is 6.92 Å². The van der Waals surface area contributed by atoms with Gasteiger partial charge in [-0.1, -0.05) is 17.5 Å². The van der Waals surface area contributed by atoms with E-state index in [-0.39, 0.29) is 5.02 Å². The SMILES string of the molecule is CC#CCNc1ccc(F)c(Cl)c1. The van der Waals surface area contributed by atoms with Crippen LogP contribution in [0.3, 0.4) is 0 Å². The summed E-state index contributed by atoms with van der Waals surface area (Å²) in [7, 11) is 0. The molecular formula is C10H9ClFN. The molecule has 13 heavy (non-hydrogen) atoms. The number of halogens is 2. The molecule has 0 aliphatic heterocycles. The van der Waals surface area contributed by atoms with Crippen molar-refractivity contribution in [2.24, 2.45) is 0 Å². The van der Waals surface area contributed by atoms with E-state index in [0.717, 1.165) is 5.69 Å². The first kappa shape index (κ1) is 9.88. The first-order valence-corrected chi connectivity index (χ1v) is 4.20. The molecule has 68 valence electrons. The van der Waals surface area contributed by atoms with Crippen LogP contribution in [-0.2, 0) is 0 Å². The zero-order valence-corrected chi connectivity index (χ0v) is 7.95. The molecule has 0 saturated heterocycles. The lowest BCUT2D eigenvalue weighted by atomic mass is 10.3. The highest BCUT2D eigenvalue weighted by atomic mass is 35.5. The molecule has 0 aromatic heterocycles. The van der Waals surface area contributed by atoms with Crippen molar-refractivity contribution >= 4 is 17.3 Å². The Balaban J connectivity index is 2.66. The normalized spacial score (nSPS) is 8.85. The first-order valence-electron chi connectivity index (χ1n) is 3.82. The predicted molar refractivity (Wildman–Crippen MR) is 53.3 cm³/mol. The fraction of sp³-hybridized carbons (Fsp3) is 0.200. The summed E-state index contributed by atoms with van der Waals surface area (Å²) in [5, 5.41) is 3.11. The highest BCUT2D eigenvalue weighted by Crippen LogP contribution is 2.18. The molecule has 0 aliphatic carbocycles. The van der Waals surface area contributed by atoms with Crippen LogP contribution in [0.25, 0.3) is 0 Å². The molecule has 0 amide bonds. The molecule has 1 rings (SSSR count). The van der Waals surface area contributed by atoms with E-state index < -0.39 is 5.82 Å². The van der Waals surface area contributed by atoms with Gasteiger partial charge in [-0.3, -0.25) is 0 Å². The lowest BCUT2D eigenvalue weighted by Crippen LogP contribution is -1.98. The fourth-order valence-corrected chi connectivity index (χ4v) is 1.02. The Hall–Kier alpha value is -1.20. The van der Waals surface area contributed by atoms with Gasteiger partial charge < -0.3 is 5.32 Å². The number of rotatable bonds is 2. The number of benzene rings is 1. The molecule has 1 aromatic rings. The third kappa shape index (κ3) is 2.96. The summed E-state index contributed by atoms with van der Waals surface area (Å²) in [4.78, 5) is 0. The van der Waals surface area contributed by atoms with Gasteiger partial charge in [-0.2, -0.15) is 0 Å². The van der Waals surface area contributed by atoms with Crippen molar-refractivity contribution in [2.75, 3.05) is 11.9 Å². The number of hydrogen-bond acceptors (Lipinski definition) is 1. The highest BCUT2D eigenvalue weighted by Gasteiger charge is 1.98. The van der Waals surface area contributed by atoms with Crippen LogP contribution in [0.5, 0.6) is 0 Å². The zero-order chi connectivity index (χ0) is 9.68. The Morgan fingerprint density at radius 2 is 2.31 bits per heavy atom. The average Bonchev–Trinajstić information content (AvgIpc) is 2.12. The van der Waals surface area contributed by atoms with Crippen molar-refractivity contribution in [3.05, 3.63) is 29.0 Å². The molecular weight excluding hydrogens is 189 g/mol. The Morgan fingerprint density at radius 3 is 2.92 bits per heavy atom. The van der Waals surface area contributed by atoms with E-state index in [1.54, 1.807) is 13.0 Å². The topological polar surface area (TPSA) is 12.0 Å². The minimum absolute atomic E-state index is 0.120. The largest absolute Gasteiger partial charge is 0.374 e. The zero-order valence-electron chi connectivity index (χ0n) is 7.20. The monoisotopic (exact) mass is 197 g/mol. The molecule has 0 bridgehead atoms. The quantitative estimate of drug-likeness (QED) is 0.719. The van der Waals surface area contributed by atoms with E-state index in [4.69, 9.17) is 11.6 Å². The molecule has 0 aliphatic rings. The smallest absolute Gasteiger partial charge is 0.141 e. The standard InChI is InChI=1S/C10H9ClFN/c1-2-3-6-13-8-4-5-10(12)9(11)7-8/h4-5,7,13H,6H2,1H3. The van der Waals surface area contributed by atoms with Gasteiger partial charge in [0.05, 0.1) is 11.6 Å². The molecule has 0 heterocycles. The van der Waals surface area contributed by atoms with Crippen molar-refractivity contribution < 1.29 is 4.39 Å². The number of anilines is 1. The average molecular weight is 198 g/mol. The van der Waals surface area contributed by atoms with Gasteiger partial charge in [0.25, 0.3) is 0 Å². The lowest BCUT2D eigenvalue weighted by molar-refractivity contribution is 0.628. The Morgan fingerprint density at radius 1 is 1.54 bits per heavy atom. The molecule has 0 unspecified atom stereocenters. The van der Waals surface area contributed by atoms with Crippen molar-refractivity contribution in [2.45, 2.75) is 6.92 Å². The van der Waals surface area contributed by atoms with Gasteiger partial charge in [-0.25, -0.2) is 4.39 Å². The maximum absolute atomic E-state index is 12.7. The van der Waals surface area contributed by atoms with Crippen LogP contribution in [0.2, 0.25) is 5.02 Å². The summed E-state index contributed by atoms with van der Waals surface area (Å²) in [6, 6.07) is 4.48. The fourth-order valence-electron chi connectivity index (χ4n) is 0.841. The minimum Gasteiger partial charge on any atom is -0.374 e. The third-order valence-corrected chi connectivity index (χ3v) is 1.77. The second kappa shape index (κ2) is 4.74. The molecule has 0 fully saturated rings. The molecule has 0 spiro atoms. The maximum atomic E-state index is 12.7. The van der Waals surface area contributed by atoms with Crippen molar-refractivity contribution in [1.29, 1.82) is 0 Å². The number of nitrogens with one attached hydrogen (secondary N) is 1. The maximum Gasteiger partial charge on any atom is 0.141 e. The summed E-state index contributed by atoms with van der Waals surface area (Å²) in [5.74, 6) is 5.17. The Kier molecular flexibility index (Phi) is 3.60. The predicted octanol–water partition coefficient (Wildman–Crippen LogP) is 2.91. The van der Waals surface area contributed by atoms with Crippen molar-refractivity contribution in [1.82, 2.24) is 0 Å². The molecule has 0 atom stereocenters. The molecule has 0 radical (unpaired) electrons. The van der Waals surface area contributed by atoms with Gasteiger partial charge >= 0.3 is 0 Å². The summed E-state index contributed by atoms with van der Waals surface area (Å²) >= 11 is 5.58. The third-order valence-electron chi connectivity index (χ3n) is 1.48. The first-order chi connectivity index (χ1) is 6.24. The van der Waals surface area contributed by atoms with E-state index in [1.165, 1.54) is 12.1 Å². The summed E-state index contributed by atoms with van der Waals surface area (Å²) in [5.41, 5.74) is 0.772. The summed E-state index contributed by atoms with van der Waals surface area (Å²) in [6.07, 6.45) is 0. The van der Waals surface area contributed by atoms with E-state index >= 15 is 0 Å². The Bertz CT molecular complexity index is 352. The van der Waals surface area contributed by atoms with Crippen LogP contribution in [-0.4, -0.2) is 6.54 Å². The van der Waals surface area contributed by atoms with E-state index in [1.807, 2.05) is 0 Å². The van der Waals surface area contributed by atoms with Gasteiger partial charge in [0, 0.05) is 5.69 Å². The summed E-state index contributed by atoms with van der Waals surface area (Å²) < 4.78 is 12.7. The lowest BCUT2D eigenvalue weighted by Gasteiger charge is -2.02.